The number of methoxy groups -OCH3 is 1. The zero-order valence-electron chi connectivity index (χ0n) is 16.7. The maximum atomic E-state index is 15.4. The molecule has 1 aliphatic carbocycles. The maximum absolute atomic E-state index is 15.4. The van der Waals surface area contributed by atoms with Crippen molar-refractivity contribution in [2.75, 3.05) is 18.6 Å². The molecule has 1 saturated carbocycles. The van der Waals surface area contributed by atoms with Crippen LogP contribution >= 0.6 is 11.3 Å². The molecule has 9 heteroatoms. The lowest BCUT2D eigenvalue weighted by Gasteiger charge is -2.31. The first-order valence-corrected chi connectivity index (χ1v) is 10.7. The first-order chi connectivity index (χ1) is 14.9. The summed E-state index contributed by atoms with van der Waals surface area (Å²) in [5.74, 6) is -1.75. The Morgan fingerprint density at radius 1 is 1.35 bits per heavy atom. The quantitative estimate of drug-likeness (QED) is 0.607. The number of thiophene rings is 1. The number of carbonyl (C=O) groups excluding carboxylic acids is 1. The van der Waals surface area contributed by atoms with Gasteiger partial charge in [-0.2, -0.15) is 0 Å². The number of nitrogens with zero attached hydrogens (tertiary/aromatic N) is 2. The molecule has 0 unspecified atom stereocenters. The Morgan fingerprint density at radius 3 is 2.77 bits per heavy atom. The van der Waals surface area contributed by atoms with Crippen LogP contribution in [0.2, 0.25) is 0 Å². The third kappa shape index (κ3) is 3.11. The summed E-state index contributed by atoms with van der Waals surface area (Å²) in [5, 5.41) is 9.45. The number of benzene rings is 1. The highest BCUT2D eigenvalue weighted by atomic mass is 32.1. The van der Waals surface area contributed by atoms with Crippen molar-refractivity contribution < 1.29 is 23.8 Å². The van der Waals surface area contributed by atoms with Crippen molar-refractivity contribution in [1.82, 2.24) is 4.57 Å². The summed E-state index contributed by atoms with van der Waals surface area (Å²) in [5.41, 5.74) is 0.534. The van der Waals surface area contributed by atoms with Crippen LogP contribution in [-0.2, 0) is 13.0 Å². The van der Waals surface area contributed by atoms with E-state index < -0.39 is 17.2 Å². The molecule has 0 spiro atoms. The normalized spacial score (nSPS) is 15.7. The predicted molar refractivity (Wildman–Crippen MR) is 114 cm³/mol. The van der Waals surface area contributed by atoms with E-state index in [4.69, 9.17) is 4.74 Å². The highest BCUT2D eigenvalue weighted by Gasteiger charge is 2.32. The minimum absolute atomic E-state index is 0.00127. The fraction of sp³-hybridized carbons (Fsp3) is 0.318. The summed E-state index contributed by atoms with van der Waals surface area (Å²) < 4.78 is 22.8. The molecule has 1 fully saturated rings. The second-order valence-electron chi connectivity index (χ2n) is 7.84. The molecule has 0 amide bonds. The van der Waals surface area contributed by atoms with Gasteiger partial charge in [0.25, 0.3) is 0 Å². The van der Waals surface area contributed by atoms with E-state index in [1.165, 1.54) is 24.6 Å². The molecule has 0 radical (unpaired) electrons. The lowest BCUT2D eigenvalue weighted by atomic mass is 10.0. The highest BCUT2D eigenvalue weighted by molar-refractivity contribution is 7.13. The SMILES string of the molecule is COc1c(N2CCc3sc(C=O)cc3C2)c(F)cc2c(=O)c(C(=O)O)cn(C3CC3)c12. The Hall–Kier alpha value is -3.20. The first-order valence-electron chi connectivity index (χ1n) is 9.93. The molecule has 0 saturated heterocycles. The van der Waals surface area contributed by atoms with E-state index >= 15 is 4.39 Å². The Bertz CT molecular complexity index is 1310. The molecule has 1 aliphatic heterocycles. The molecule has 3 heterocycles. The van der Waals surface area contributed by atoms with E-state index in [0.29, 0.717) is 29.9 Å². The number of aromatic nitrogens is 1. The summed E-state index contributed by atoms with van der Waals surface area (Å²) in [6.45, 7) is 0.949. The van der Waals surface area contributed by atoms with Crippen LogP contribution in [0.5, 0.6) is 5.75 Å². The van der Waals surface area contributed by atoms with Gasteiger partial charge in [-0.15, -0.1) is 11.3 Å². The number of carboxylic acid groups (broad SMARTS) is 1. The fourth-order valence-electron chi connectivity index (χ4n) is 4.33. The summed E-state index contributed by atoms with van der Waals surface area (Å²) in [7, 11) is 1.43. The van der Waals surface area contributed by atoms with Gasteiger partial charge in [0.15, 0.2) is 17.9 Å². The third-order valence-corrected chi connectivity index (χ3v) is 7.05. The van der Waals surface area contributed by atoms with Crippen molar-refractivity contribution in [3.8, 4) is 5.75 Å². The number of hydrogen-bond acceptors (Lipinski definition) is 6. The van der Waals surface area contributed by atoms with Gasteiger partial charge < -0.3 is 19.3 Å². The molecule has 2 aliphatic rings. The van der Waals surface area contributed by atoms with Gasteiger partial charge in [-0.05, 0) is 37.0 Å². The van der Waals surface area contributed by atoms with E-state index in [9.17, 15) is 19.5 Å². The van der Waals surface area contributed by atoms with Crippen molar-refractivity contribution in [3.05, 3.63) is 55.3 Å². The van der Waals surface area contributed by atoms with Crippen molar-refractivity contribution in [1.29, 1.82) is 0 Å². The van der Waals surface area contributed by atoms with Crippen LogP contribution < -0.4 is 15.1 Å². The van der Waals surface area contributed by atoms with Crippen molar-refractivity contribution >= 4 is 40.2 Å². The van der Waals surface area contributed by atoms with E-state index in [0.717, 1.165) is 35.6 Å². The number of rotatable bonds is 5. The number of anilines is 1. The van der Waals surface area contributed by atoms with Gasteiger partial charge in [0.05, 0.1) is 22.9 Å². The van der Waals surface area contributed by atoms with Gasteiger partial charge in [0, 0.05) is 30.2 Å². The number of pyridine rings is 1. The lowest BCUT2D eigenvalue weighted by molar-refractivity contribution is 0.0694. The minimum atomic E-state index is -1.34. The van der Waals surface area contributed by atoms with Crippen molar-refractivity contribution in [2.24, 2.45) is 0 Å². The van der Waals surface area contributed by atoms with Gasteiger partial charge in [0.2, 0.25) is 5.43 Å². The maximum Gasteiger partial charge on any atom is 0.341 e. The van der Waals surface area contributed by atoms with Gasteiger partial charge >= 0.3 is 5.97 Å². The molecule has 7 nitrogen and oxygen atoms in total. The number of hydrogen-bond donors (Lipinski definition) is 1. The Labute approximate surface area is 180 Å². The van der Waals surface area contributed by atoms with Crippen LogP contribution in [0.4, 0.5) is 10.1 Å². The number of fused-ring (bicyclic) bond motifs is 2. The number of ether oxygens (including phenoxy) is 1. The van der Waals surface area contributed by atoms with Gasteiger partial charge in [0.1, 0.15) is 11.3 Å². The summed E-state index contributed by atoms with van der Waals surface area (Å²) in [6.07, 6.45) is 4.53. The molecular formula is C22H19FN2O5S. The molecule has 0 bridgehead atoms. The molecular weight excluding hydrogens is 423 g/mol. The molecule has 1 aromatic carbocycles. The molecule has 31 heavy (non-hydrogen) atoms. The lowest BCUT2D eigenvalue weighted by Crippen LogP contribution is -2.31. The van der Waals surface area contributed by atoms with Crippen LogP contribution in [0.25, 0.3) is 10.9 Å². The second-order valence-corrected chi connectivity index (χ2v) is 9.01. The fourth-order valence-corrected chi connectivity index (χ4v) is 5.31. The number of aromatic carboxylic acids is 1. The monoisotopic (exact) mass is 442 g/mol. The zero-order chi connectivity index (χ0) is 21.9. The number of aldehydes is 1. The van der Waals surface area contributed by atoms with Crippen LogP contribution in [0.1, 0.15) is 49.4 Å². The average Bonchev–Trinajstić information content (AvgIpc) is 3.51. The second kappa shape index (κ2) is 7.19. The van der Waals surface area contributed by atoms with E-state index in [-0.39, 0.29) is 28.4 Å². The van der Waals surface area contributed by atoms with Gasteiger partial charge in [-0.1, -0.05) is 0 Å². The van der Waals surface area contributed by atoms with Crippen molar-refractivity contribution in [3.63, 3.8) is 0 Å². The third-order valence-electron chi connectivity index (χ3n) is 5.89. The van der Waals surface area contributed by atoms with Crippen LogP contribution in [0.15, 0.2) is 23.1 Å². The molecule has 3 aromatic rings. The summed E-state index contributed by atoms with van der Waals surface area (Å²) in [6, 6.07) is 3.00. The Balaban J connectivity index is 1.73. The highest BCUT2D eigenvalue weighted by Crippen LogP contribution is 2.44. The van der Waals surface area contributed by atoms with E-state index in [1.54, 1.807) is 4.57 Å². The topological polar surface area (TPSA) is 88.8 Å². The summed E-state index contributed by atoms with van der Waals surface area (Å²) in [4.78, 5) is 39.1. The smallest absolute Gasteiger partial charge is 0.341 e. The van der Waals surface area contributed by atoms with Crippen LogP contribution in [-0.4, -0.2) is 35.6 Å². The Morgan fingerprint density at radius 2 is 2.13 bits per heavy atom. The zero-order valence-corrected chi connectivity index (χ0v) is 17.5. The van der Waals surface area contributed by atoms with Crippen molar-refractivity contribution in [2.45, 2.75) is 31.8 Å². The van der Waals surface area contributed by atoms with Gasteiger partial charge in [-0.25, -0.2) is 9.18 Å². The standard InChI is InChI=1S/C22H19FN2O5S/c1-30-21-18-14(20(27)15(22(28)29)9-25(18)12-2-3-12)7-16(23)19(21)24-5-4-17-11(8-24)6-13(10-26)31-17/h6-7,9-10,12H,2-5,8H2,1H3,(H,28,29). The first kappa shape index (κ1) is 19.7. The van der Waals surface area contributed by atoms with Crippen LogP contribution in [0, 0.1) is 5.82 Å². The molecule has 0 atom stereocenters. The molecule has 2 aromatic heterocycles. The number of halogens is 1. The predicted octanol–water partition coefficient (Wildman–Crippen LogP) is 3.62. The summed E-state index contributed by atoms with van der Waals surface area (Å²) >= 11 is 1.45. The average molecular weight is 442 g/mol. The van der Waals surface area contributed by atoms with E-state index in [2.05, 4.69) is 0 Å². The number of carboxylic acids is 1. The van der Waals surface area contributed by atoms with Gasteiger partial charge in [-0.3, -0.25) is 9.59 Å². The van der Waals surface area contributed by atoms with Crippen LogP contribution in [0.3, 0.4) is 0 Å². The van der Waals surface area contributed by atoms with E-state index in [1.807, 2.05) is 11.0 Å². The molecule has 1 N–H and O–H groups in total. The largest absolute Gasteiger partial charge is 0.492 e. The molecule has 160 valence electrons. The number of carbonyl (C=O) groups is 2. The Kier molecular flexibility index (Phi) is 4.58. The molecule has 5 rings (SSSR count). The minimum Gasteiger partial charge on any atom is -0.492 e.